The minimum atomic E-state index is -0.398. The van der Waals surface area contributed by atoms with Crippen LogP contribution in [0.4, 0.5) is 10.1 Å². The molecule has 3 N–H and O–H groups in total. The number of hydrogen-bond donors (Lipinski definition) is 2. The topological polar surface area (TPSA) is 55.1 Å². The highest BCUT2D eigenvalue weighted by Gasteiger charge is 2.10. The minimum absolute atomic E-state index is 0.155. The third-order valence-electron chi connectivity index (χ3n) is 1.80. The van der Waals surface area contributed by atoms with Crippen LogP contribution in [0.5, 0.6) is 0 Å². The molecular formula is C9H11FN2O. The number of amides is 1. The normalized spacial score (nSPS) is 9.77. The largest absolute Gasteiger partial charge is 0.398 e. The molecule has 1 aromatic carbocycles. The molecule has 1 amide bonds. The molecule has 0 radical (unpaired) electrons. The van der Waals surface area contributed by atoms with Gasteiger partial charge in [0.05, 0.1) is 5.56 Å². The predicted molar refractivity (Wildman–Crippen MR) is 48.9 cm³/mol. The summed E-state index contributed by atoms with van der Waals surface area (Å²) in [4.78, 5) is 11.2. The SMILES string of the molecule is CNC(=O)c1cc(C)c(F)cc1N. The van der Waals surface area contributed by atoms with Gasteiger partial charge in [-0.1, -0.05) is 0 Å². The Morgan fingerprint density at radius 2 is 2.15 bits per heavy atom. The molecule has 70 valence electrons. The molecule has 0 saturated carbocycles. The van der Waals surface area contributed by atoms with E-state index in [0.717, 1.165) is 6.07 Å². The molecule has 0 aliphatic carbocycles. The number of carbonyl (C=O) groups is 1. The third-order valence-corrected chi connectivity index (χ3v) is 1.80. The van der Waals surface area contributed by atoms with Crippen molar-refractivity contribution in [2.45, 2.75) is 6.92 Å². The van der Waals surface area contributed by atoms with Crippen LogP contribution in [0.15, 0.2) is 12.1 Å². The monoisotopic (exact) mass is 182 g/mol. The summed E-state index contributed by atoms with van der Waals surface area (Å²) in [5.41, 5.74) is 6.34. The molecule has 1 rings (SSSR count). The van der Waals surface area contributed by atoms with Crippen LogP contribution in [0, 0.1) is 12.7 Å². The van der Waals surface area contributed by atoms with E-state index in [1.54, 1.807) is 6.92 Å². The molecule has 0 bridgehead atoms. The van der Waals surface area contributed by atoms with Crippen LogP contribution in [0.3, 0.4) is 0 Å². The lowest BCUT2D eigenvalue weighted by atomic mass is 10.1. The molecule has 0 spiro atoms. The van der Waals surface area contributed by atoms with E-state index in [9.17, 15) is 9.18 Å². The fraction of sp³-hybridized carbons (Fsp3) is 0.222. The van der Waals surface area contributed by atoms with Crippen molar-refractivity contribution in [2.24, 2.45) is 0 Å². The van der Waals surface area contributed by atoms with Crippen molar-refractivity contribution in [3.63, 3.8) is 0 Å². The first-order chi connectivity index (χ1) is 6.06. The molecule has 0 aliphatic heterocycles. The Morgan fingerprint density at radius 3 is 2.69 bits per heavy atom. The number of nitrogens with one attached hydrogen (secondary N) is 1. The predicted octanol–water partition coefficient (Wildman–Crippen LogP) is 1.08. The van der Waals surface area contributed by atoms with Crippen LogP contribution >= 0.6 is 0 Å². The van der Waals surface area contributed by atoms with Gasteiger partial charge in [0.15, 0.2) is 0 Å². The van der Waals surface area contributed by atoms with E-state index in [-0.39, 0.29) is 11.6 Å². The lowest BCUT2D eigenvalue weighted by molar-refractivity contribution is 0.0964. The number of rotatable bonds is 1. The highest BCUT2D eigenvalue weighted by Crippen LogP contribution is 2.16. The molecule has 3 nitrogen and oxygen atoms in total. The van der Waals surface area contributed by atoms with Crippen LogP contribution in [-0.2, 0) is 0 Å². The van der Waals surface area contributed by atoms with Gasteiger partial charge in [-0.3, -0.25) is 4.79 Å². The summed E-state index contributed by atoms with van der Waals surface area (Å²) in [6.45, 7) is 1.58. The van der Waals surface area contributed by atoms with Crippen molar-refractivity contribution in [2.75, 3.05) is 12.8 Å². The lowest BCUT2D eigenvalue weighted by Crippen LogP contribution is -2.19. The van der Waals surface area contributed by atoms with Crippen molar-refractivity contribution in [1.82, 2.24) is 5.32 Å². The van der Waals surface area contributed by atoms with Gasteiger partial charge in [0.1, 0.15) is 5.82 Å². The summed E-state index contributed by atoms with van der Waals surface area (Å²) >= 11 is 0. The second-order valence-electron chi connectivity index (χ2n) is 2.77. The van der Waals surface area contributed by atoms with E-state index in [2.05, 4.69) is 5.32 Å². The summed E-state index contributed by atoms with van der Waals surface area (Å²) in [7, 11) is 1.50. The summed E-state index contributed by atoms with van der Waals surface area (Å²) < 4.78 is 12.9. The van der Waals surface area contributed by atoms with E-state index in [0.29, 0.717) is 11.1 Å². The van der Waals surface area contributed by atoms with Gasteiger partial charge in [0.2, 0.25) is 0 Å². The van der Waals surface area contributed by atoms with E-state index in [1.165, 1.54) is 13.1 Å². The number of carbonyl (C=O) groups excluding carboxylic acids is 1. The molecule has 13 heavy (non-hydrogen) atoms. The number of benzene rings is 1. The molecule has 0 saturated heterocycles. The third kappa shape index (κ3) is 1.77. The van der Waals surface area contributed by atoms with E-state index < -0.39 is 5.82 Å². The molecule has 0 aliphatic rings. The Hall–Kier alpha value is -1.58. The number of anilines is 1. The number of hydrogen-bond acceptors (Lipinski definition) is 2. The van der Waals surface area contributed by atoms with E-state index in [4.69, 9.17) is 5.73 Å². The first-order valence-corrected chi connectivity index (χ1v) is 3.84. The van der Waals surface area contributed by atoms with Crippen LogP contribution in [0.1, 0.15) is 15.9 Å². The zero-order valence-corrected chi connectivity index (χ0v) is 7.52. The maximum atomic E-state index is 12.9. The summed E-state index contributed by atoms with van der Waals surface area (Å²) in [5.74, 6) is -0.703. The van der Waals surface area contributed by atoms with Crippen molar-refractivity contribution in [1.29, 1.82) is 0 Å². The van der Waals surface area contributed by atoms with Gasteiger partial charge >= 0.3 is 0 Å². The smallest absolute Gasteiger partial charge is 0.253 e. The zero-order chi connectivity index (χ0) is 10.0. The molecule has 0 fully saturated rings. The van der Waals surface area contributed by atoms with Crippen LogP contribution in [0.25, 0.3) is 0 Å². The number of nitrogen functional groups attached to an aromatic ring is 1. The minimum Gasteiger partial charge on any atom is -0.398 e. The van der Waals surface area contributed by atoms with Gasteiger partial charge in [0, 0.05) is 12.7 Å². The number of halogens is 1. The van der Waals surface area contributed by atoms with Crippen molar-refractivity contribution >= 4 is 11.6 Å². The average molecular weight is 182 g/mol. The molecule has 0 atom stereocenters. The van der Waals surface area contributed by atoms with Crippen LogP contribution in [-0.4, -0.2) is 13.0 Å². The highest BCUT2D eigenvalue weighted by atomic mass is 19.1. The van der Waals surface area contributed by atoms with Gasteiger partial charge in [-0.25, -0.2) is 4.39 Å². The van der Waals surface area contributed by atoms with Gasteiger partial charge in [-0.2, -0.15) is 0 Å². The van der Waals surface area contributed by atoms with E-state index in [1.807, 2.05) is 0 Å². The quantitative estimate of drug-likeness (QED) is 0.638. The maximum absolute atomic E-state index is 12.9. The first-order valence-electron chi connectivity index (χ1n) is 3.84. The second-order valence-corrected chi connectivity index (χ2v) is 2.77. The zero-order valence-electron chi connectivity index (χ0n) is 7.52. The summed E-state index contributed by atoms with van der Waals surface area (Å²) in [6.07, 6.45) is 0. The maximum Gasteiger partial charge on any atom is 0.253 e. The van der Waals surface area contributed by atoms with E-state index >= 15 is 0 Å². The molecule has 0 unspecified atom stereocenters. The lowest BCUT2D eigenvalue weighted by Gasteiger charge is -2.05. The fourth-order valence-electron chi connectivity index (χ4n) is 1.03. The number of nitrogens with two attached hydrogens (primary N) is 1. The van der Waals surface area contributed by atoms with Gasteiger partial charge in [-0.15, -0.1) is 0 Å². The van der Waals surface area contributed by atoms with Gasteiger partial charge in [-0.05, 0) is 24.6 Å². The first kappa shape index (κ1) is 9.51. The van der Waals surface area contributed by atoms with Crippen molar-refractivity contribution in [3.05, 3.63) is 29.1 Å². The van der Waals surface area contributed by atoms with Crippen LogP contribution in [0.2, 0.25) is 0 Å². The number of aryl methyl sites for hydroxylation is 1. The molecule has 1 aromatic rings. The Labute approximate surface area is 75.7 Å². The average Bonchev–Trinajstić information content (AvgIpc) is 2.10. The second kappa shape index (κ2) is 3.43. The molecule has 0 aromatic heterocycles. The Morgan fingerprint density at radius 1 is 1.54 bits per heavy atom. The highest BCUT2D eigenvalue weighted by molar-refractivity contribution is 5.99. The Kier molecular flexibility index (Phi) is 2.51. The van der Waals surface area contributed by atoms with Gasteiger partial charge in [0.25, 0.3) is 5.91 Å². The standard InChI is InChI=1S/C9H11FN2O/c1-5-3-6(9(13)12-2)8(11)4-7(5)10/h3-4H,11H2,1-2H3,(H,12,13). The summed E-state index contributed by atoms with van der Waals surface area (Å²) in [6, 6.07) is 2.59. The fourth-order valence-corrected chi connectivity index (χ4v) is 1.03. The van der Waals surface area contributed by atoms with Crippen LogP contribution < -0.4 is 11.1 Å². The van der Waals surface area contributed by atoms with Crippen molar-refractivity contribution < 1.29 is 9.18 Å². The molecule has 0 heterocycles. The Balaban J connectivity index is 3.23. The molecule has 4 heteroatoms. The molecular weight excluding hydrogens is 171 g/mol. The Bertz CT molecular complexity index is 350. The summed E-state index contributed by atoms with van der Waals surface area (Å²) in [5, 5.41) is 2.43. The van der Waals surface area contributed by atoms with Gasteiger partial charge < -0.3 is 11.1 Å². The van der Waals surface area contributed by atoms with Crippen molar-refractivity contribution in [3.8, 4) is 0 Å².